The van der Waals surface area contributed by atoms with Gasteiger partial charge in [0.1, 0.15) is 5.75 Å². The molecule has 126 valence electrons. The molecule has 3 rings (SSSR count). The van der Waals surface area contributed by atoms with E-state index in [2.05, 4.69) is 39.6 Å². The maximum Gasteiger partial charge on any atom is 0.254 e. The minimum absolute atomic E-state index is 0.136. The van der Waals surface area contributed by atoms with Crippen LogP contribution >= 0.6 is 22.6 Å². The Hall–Kier alpha value is -1.76. The third-order valence-electron chi connectivity index (χ3n) is 4.32. The van der Waals surface area contributed by atoms with Crippen molar-refractivity contribution in [1.29, 1.82) is 0 Å². The molecule has 0 radical (unpaired) electrons. The second kappa shape index (κ2) is 7.88. The Bertz CT molecular complexity index is 703. The zero-order chi connectivity index (χ0) is 16.9. The number of amides is 1. The number of hydrogen-bond acceptors (Lipinski definition) is 3. The monoisotopic (exact) mass is 436 g/mol. The molecule has 0 spiro atoms. The SMILES string of the molecule is COc1ccc(N2CCCN(C(=O)c3ccccc3I)CC2)cc1. The smallest absolute Gasteiger partial charge is 0.254 e. The average Bonchev–Trinajstić information content (AvgIpc) is 2.88. The van der Waals surface area contributed by atoms with E-state index in [1.165, 1.54) is 5.69 Å². The average molecular weight is 436 g/mol. The molecule has 0 aromatic heterocycles. The highest BCUT2D eigenvalue weighted by molar-refractivity contribution is 14.1. The number of benzene rings is 2. The highest BCUT2D eigenvalue weighted by atomic mass is 127. The topological polar surface area (TPSA) is 32.8 Å². The van der Waals surface area contributed by atoms with E-state index in [4.69, 9.17) is 4.74 Å². The summed E-state index contributed by atoms with van der Waals surface area (Å²) < 4.78 is 6.23. The van der Waals surface area contributed by atoms with Gasteiger partial charge in [-0.05, 0) is 65.4 Å². The zero-order valence-corrected chi connectivity index (χ0v) is 15.9. The summed E-state index contributed by atoms with van der Waals surface area (Å²) in [5.41, 5.74) is 1.98. The highest BCUT2D eigenvalue weighted by Gasteiger charge is 2.21. The predicted molar refractivity (Wildman–Crippen MR) is 105 cm³/mol. The minimum atomic E-state index is 0.136. The molecule has 24 heavy (non-hydrogen) atoms. The van der Waals surface area contributed by atoms with Crippen LogP contribution in [0, 0.1) is 3.57 Å². The van der Waals surface area contributed by atoms with Gasteiger partial charge in [-0.15, -0.1) is 0 Å². The maximum atomic E-state index is 12.8. The number of ether oxygens (including phenoxy) is 1. The first-order valence-electron chi connectivity index (χ1n) is 8.12. The van der Waals surface area contributed by atoms with E-state index in [0.29, 0.717) is 0 Å². The van der Waals surface area contributed by atoms with E-state index in [0.717, 1.165) is 47.5 Å². The fourth-order valence-electron chi connectivity index (χ4n) is 2.98. The van der Waals surface area contributed by atoms with Crippen molar-refractivity contribution in [2.75, 3.05) is 38.2 Å². The Morgan fingerprint density at radius 2 is 1.75 bits per heavy atom. The van der Waals surface area contributed by atoms with Gasteiger partial charge in [-0.25, -0.2) is 0 Å². The normalized spacial score (nSPS) is 15.1. The quantitative estimate of drug-likeness (QED) is 0.689. The molecule has 2 aromatic rings. The Kier molecular flexibility index (Phi) is 5.60. The summed E-state index contributed by atoms with van der Waals surface area (Å²) in [7, 11) is 1.68. The largest absolute Gasteiger partial charge is 0.497 e. The van der Waals surface area contributed by atoms with Crippen LogP contribution in [0.15, 0.2) is 48.5 Å². The fraction of sp³-hybridized carbons (Fsp3) is 0.316. The molecule has 1 amide bonds. The van der Waals surface area contributed by atoms with Crippen LogP contribution in [0.1, 0.15) is 16.8 Å². The van der Waals surface area contributed by atoms with Gasteiger partial charge in [-0.1, -0.05) is 12.1 Å². The van der Waals surface area contributed by atoms with E-state index in [9.17, 15) is 4.79 Å². The van der Waals surface area contributed by atoms with Crippen LogP contribution in [-0.2, 0) is 0 Å². The number of anilines is 1. The van der Waals surface area contributed by atoms with Crippen LogP contribution < -0.4 is 9.64 Å². The molecular weight excluding hydrogens is 415 g/mol. The van der Waals surface area contributed by atoms with E-state index in [1.807, 2.05) is 41.3 Å². The van der Waals surface area contributed by atoms with E-state index in [1.54, 1.807) is 7.11 Å². The standard InChI is InChI=1S/C19H21IN2O2/c1-24-16-9-7-15(8-10-16)21-11-4-12-22(14-13-21)19(23)17-5-2-3-6-18(17)20/h2-3,5-10H,4,11-14H2,1H3. The Morgan fingerprint density at radius 3 is 2.46 bits per heavy atom. The van der Waals surface area contributed by atoms with Crippen LogP contribution in [-0.4, -0.2) is 44.1 Å². The van der Waals surface area contributed by atoms with E-state index >= 15 is 0 Å². The highest BCUT2D eigenvalue weighted by Crippen LogP contribution is 2.21. The van der Waals surface area contributed by atoms with Gasteiger partial charge >= 0.3 is 0 Å². The predicted octanol–water partition coefficient (Wildman–Crippen LogP) is 3.65. The van der Waals surface area contributed by atoms with Crippen LogP contribution in [0.4, 0.5) is 5.69 Å². The Balaban J connectivity index is 1.68. The lowest BCUT2D eigenvalue weighted by Crippen LogP contribution is -2.35. The number of nitrogens with zero attached hydrogens (tertiary/aromatic N) is 2. The van der Waals surface area contributed by atoms with Crippen LogP contribution in [0.2, 0.25) is 0 Å². The molecule has 2 aromatic carbocycles. The number of rotatable bonds is 3. The second-order valence-electron chi connectivity index (χ2n) is 5.81. The number of carbonyl (C=O) groups excluding carboxylic acids is 1. The zero-order valence-electron chi connectivity index (χ0n) is 13.7. The van der Waals surface area contributed by atoms with Gasteiger partial charge in [0, 0.05) is 35.4 Å². The molecule has 0 saturated carbocycles. The first kappa shape index (κ1) is 17.1. The number of halogens is 1. The van der Waals surface area contributed by atoms with Crippen molar-refractivity contribution < 1.29 is 9.53 Å². The summed E-state index contributed by atoms with van der Waals surface area (Å²) in [6.45, 7) is 3.36. The van der Waals surface area contributed by atoms with Crippen LogP contribution in [0.5, 0.6) is 5.75 Å². The molecule has 1 heterocycles. The summed E-state index contributed by atoms with van der Waals surface area (Å²) >= 11 is 2.23. The van der Waals surface area contributed by atoms with Crippen molar-refractivity contribution in [3.8, 4) is 5.75 Å². The van der Waals surface area contributed by atoms with E-state index in [-0.39, 0.29) is 5.91 Å². The Morgan fingerprint density at radius 1 is 1.00 bits per heavy atom. The molecule has 1 aliphatic rings. The summed E-state index contributed by atoms with van der Waals surface area (Å²) in [6.07, 6.45) is 0.973. The molecule has 0 aliphatic carbocycles. The lowest BCUT2D eigenvalue weighted by atomic mass is 10.2. The third kappa shape index (κ3) is 3.83. The fourth-order valence-corrected chi connectivity index (χ4v) is 3.59. The van der Waals surface area contributed by atoms with Crippen LogP contribution in [0.25, 0.3) is 0 Å². The molecular formula is C19H21IN2O2. The summed E-state index contributed by atoms with van der Waals surface area (Å²) in [5, 5.41) is 0. The second-order valence-corrected chi connectivity index (χ2v) is 6.97. The van der Waals surface area contributed by atoms with Gasteiger partial charge in [0.25, 0.3) is 5.91 Å². The Labute approximate surface area is 156 Å². The van der Waals surface area contributed by atoms with Crippen molar-refractivity contribution in [1.82, 2.24) is 4.90 Å². The number of hydrogen-bond donors (Lipinski definition) is 0. The molecule has 0 bridgehead atoms. The lowest BCUT2D eigenvalue weighted by Gasteiger charge is -2.24. The molecule has 0 atom stereocenters. The molecule has 0 N–H and O–H groups in total. The van der Waals surface area contributed by atoms with Crippen molar-refractivity contribution in [3.63, 3.8) is 0 Å². The van der Waals surface area contributed by atoms with Crippen molar-refractivity contribution in [2.45, 2.75) is 6.42 Å². The first-order chi connectivity index (χ1) is 11.7. The van der Waals surface area contributed by atoms with E-state index < -0.39 is 0 Å². The molecule has 1 fully saturated rings. The van der Waals surface area contributed by atoms with Gasteiger partial charge in [-0.3, -0.25) is 4.79 Å². The summed E-state index contributed by atoms with van der Waals surface area (Å²) in [4.78, 5) is 17.1. The molecule has 1 aliphatic heterocycles. The van der Waals surface area contributed by atoms with Crippen molar-refractivity contribution in [3.05, 3.63) is 57.7 Å². The minimum Gasteiger partial charge on any atom is -0.497 e. The summed E-state index contributed by atoms with van der Waals surface area (Å²) in [6, 6.07) is 15.9. The van der Waals surface area contributed by atoms with Gasteiger partial charge < -0.3 is 14.5 Å². The lowest BCUT2D eigenvalue weighted by molar-refractivity contribution is 0.0766. The third-order valence-corrected chi connectivity index (χ3v) is 5.27. The number of carbonyl (C=O) groups is 1. The van der Waals surface area contributed by atoms with Gasteiger partial charge in [0.15, 0.2) is 0 Å². The van der Waals surface area contributed by atoms with Gasteiger partial charge in [0.05, 0.1) is 12.7 Å². The maximum absolute atomic E-state index is 12.8. The molecule has 1 saturated heterocycles. The first-order valence-corrected chi connectivity index (χ1v) is 9.20. The van der Waals surface area contributed by atoms with Gasteiger partial charge in [0.2, 0.25) is 0 Å². The summed E-state index contributed by atoms with van der Waals surface area (Å²) in [5.74, 6) is 1.00. The number of methoxy groups -OCH3 is 1. The van der Waals surface area contributed by atoms with Crippen LogP contribution in [0.3, 0.4) is 0 Å². The molecule has 0 unspecified atom stereocenters. The molecule has 4 nitrogen and oxygen atoms in total. The van der Waals surface area contributed by atoms with Crippen molar-refractivity contribution in [2.24, 2.45) is 0 Å². The van der Waals surface area contributed by atoms with Gasteiger partial charge in [-0.2, -0.15) is 0 Å². The molecule has 5 heteroatoms. The van der Waals surface area contributed by atoms with Crippen molar-refractivity contribution >= 4 is 34.2 Å².